The standard InChI is InChI=1S/C13H25NO2/c1-14-13(12-10-15-8-9-16-12)11-6-4-2-3-5-7-11/h11-14H,2-10H2,1H3. The Morgan fingerprint density at radius 1 is 1.06 bits per heavy atom. The van der Waals surface area contributed by atoms with Gasteiger partial charge in [-0.15, -0.1) is 0 Å². The van der Waals surface area contributed by atoms with Crippen LogP contribution in [0.4, 0.5) is 0 Å². The Bertz CT molecular complexity index is 184. The van der Waals surface area contributed by atoms with E-state index >= 15 is 0 Å². The van der Waals surface area contributed by atoms with Crippen molar-refractivity contribution in [1.82, 2.24) is 5.32 Å². The smallest absolute Gasteiger partial charge is 0.0964 e. The van der Waals surface area contributed by atoms with Crippen LogP contribution < -0.4 is 5.32 Å². The highest BCUT2D eigenvalue weighted by molar-refractivity contribution is 4.85. The maximum absolute atomic E-state index is 5.84. The molecule has 0 aromatic heterocycles. The summed E-state index contributed by atoms with van der Waals surface area (Å²) in [5.74, 6) is 0.777. The van der Waals surface area contributed by atoms with E-state index in [9.17, 15) is 0 Å². The maximum atomic E-state index is 5.84. The van der Waals surface area contributed by atoms with Gasteiger partial charge in [0.05, 0.1) is 25.9 Å². The van der Waals surface area contributed by atoms with Crippen molar-refractivity contribution in [3.8, 4) is 0 Å². The average Bonchev–Trinajstić information content (AvgIpc) is 2.61. The molecule has 0 bridgehead atoms. The lowest BCUT2D eigenvalue weighted by molar-refractivity contribution is -0.108. The first-order valence-corrected chi connectivity index (χ1v) is 6.78. The fraction of sp³-hybridized carbons (Fsp3) is 1.00. The molecule has 0 amide bonds. The summed E-state index contributed by atoms with van der Waals surface area (Å²) in [6, 6.07) is 0.485. The molecule has 0 aromatic carbocycles. The number of rotatable bonds is 3. The molecule has 0 spiro atoms. The first-order chi connectivity index (χ1) is 7.92. The van der Waals surface area contributed by atoms with Gasteiger partial charge in [-0.25, -0.2) is 0 Å². The van der Waals surface area contributed by atoms with Crippen LogP contribution in [0.5, 0.6) is 0 Å². The number of hydrogen-bond acceptors (Lipinski definition) is 3. The van der Waals surface area contributed by atoms with Crippen LogP contribution in [0.2, 0.25) is 0 Å². The second-order valence-electron chi connectivity index (χ2n) is 5.05. The molecule has 16 heavy (non-hydrogen) atoms. The van der Waals surface area contributed by atoms with Gasteiger partial charge in [0.1, 0.15) is 0 Å². The van der Waals surface area contributed by atoms with E-state index < -0.39 is 0 Å². The van der Waals surface area contributed by atoms with Gasteiger partial charge in [0.25, 0.3) is 0 Å². The molecule has 1 aliphatic carbocycles. The highest BCUT2D eigenvalue weighted by Crippen LogP contribution is 2.28. The quantitative estimate of drug-likeness (QED) is 0.748. The Morgan fingerprint density at radius 3 is 2.38 bits per heavy atom. The van der Waals surface area contributed by atoms with E-state index in [2.05, 4.69) is 12.4 Å². The molecule has 1 N–H and O–H groups in total. The largest absolute Gasteiger partial charge is 0.376 e. The molecule has 1 saturated carbocycles. The van der Waals surface area contributed by atoms with E-state index in [1.807, 2.05) is 0 Å². The molecular formula is C13H25NO2. The molecule has 2 fully saturated rings. The molecule has 3 nitrogen and oxygen atoms in total. The normalized spacial score (nSPS) is 30.9. The van der Waals surface area contributed by atoms with Gasteiger partial charge < -0.3 is 14.8 Å². The number of likely N-dealkylation sites (N-methyl/N-ethyl adjacent to an activating group) is 1. The van der Waals surface area contributed by atoms with Gasteiger partial charge >= 0.3 is 0 Å². The summed E-state index contributed by atoms with van der Waals surface area (Å²) in [6.07, 6.45) is 8.56. The van der Waals surface area contributed by atoms with Gasteiger partial charge in [0, 0.05) is 6.04 Å². The summed E-state index contributed by atoms with van der Waals surface area (Å²) in [5.41, 5.74) is 0. The lowest BCUT2D eigenvalue weighted by Gasteiger charge is -2.35. The van der Waals surface area contributed by atoms with Crippen LogP contribution in [0.1, 0.15) is 38.5 Å². The third-order valence-electron chi connectivity index (χ3n) is 3.98. The molecule has 0 radical (unpaired) electrons. The van der Waals surface area contributed by atoms with E-state index in [0.717, 1.165) is 25.7 Å². The molecule has 1 saturated heterocycles. The van der Waals surface area contributed by atoms with Crippen molar-refractivity contribution < 1.29 is 9.47 Å². The zero-order valence-electron chi connectivity index (χ0n) is 10.4. The summed E-state index contributed by atoms with van der Waals surface area (Å²) in [7, 11) is 2.06. The molecule has 94 valence electrons. The topological polar surface area (TPSA) is 30.5 Å². The van der Waals surface area contributed by atoms with Crippen molar-refractivity contribution in [3.05, 3.63) is 0 Å². The van der Waals surface area contributed by atoms with Gasteiger partial charge in [-0.3, -0.25) is 0 Å². The molecule has 0 aromatic rings. The number of hydrogen-bond donors (Lipinski definition) is 1. The monoisotopic (exact) mass is 227 g/mol. The predicted octanol–water partition coefficient (Wildman–Crippen LogP) is 1.96. The molecular weight excluding hydrogens is 202 g/mol. The minimum atomic E-state index is 0.266. The van der Waals surface area contributed by atoms with E-state index in [1.54, 1.807) is 0 Å². The van der Waals surface area contributed by atoms with Gasteiger partial charge in [-0.2, -0.15) is 0 Å². The van der Waals surface area contributed by atoms with E-state index in [1.165, 1.54) is 38.5 Å². The average molecular weight is 227 g/mol. The minimum Gasteiger partial charge on any atom is -0.376 e. The van der Waals surface area contributed by atoms with Crippen molar-refractivity contribution >= 4 is 0 Å². The van der Waals surface area contributed by atoms with Gasteiger partial charge in [-0.1, -0.05) is 25.7 Å². The molecule has 2 unspecified atom stereocenters. The second-order valence-corrected chi connectivity index (χ2v) is 5.05. The molecule has 2 aliphatic rings. The van der Waals surface area contributed by atoms with E-state index in [0.29, 0.717) is 6.04 Å². The summed E-state index contributed by atoms with van der Waals surface area (Å²) in [6.45, 7) is 2.29. The summed E-state index contributed by atoms with van der Waals surface area (Å²) >= 11 is 0. The summed E-state index contributed by atoms with van der Waals surface area (Å²) in [4.78, 5) is 0. The zero-order chi connectivity index (χ0) is 11.2. The molecule has 3 heteroatoms. The van der Waals surface area contributed by atoms with Crippen molar-refractivity contribution in [2.45, 2.75) is 50.7 Å². The fourth-order valence-corrected chi connectivity index (χ4v) is 3.11. The summed E-state index contributed by atoms with van der Waals surface area (Å²) < 4.78 is 11.4. The van der Waals surface area contributed by atoms with Crippen LogP contribution in [-0.2, 0) is 9.47 Å². The molecule has 2 atom stereocenters. The Hall–Kier alpha value is -0.120. The summed E-state index contributed by atoms with van der Waals surface area (Å²) in [5, 5.41) is 3.46. The van der Waals surface area contributed by atoms with Crippen LogP contribution in [0.3, 0.4) is 0 Å². The van der Waals surface area contributed by atoms with Crippen molar-refractivity contribution in [2.75, 3.05) is 26.9 Å². The zero-order valence-corrected chi connectivity index (χ0v) is 10.4. The predicted molar refractivity (Wildman–Crippen MR) is 64.6 cm³/mol. The van der Waals surface area contributed by atoms with Crippen molar-refractivity contribution in [3.63, 3.8) is 0 Å². The van der Waals surface area contributed by atoms with Crippen LogP contribution in [0.25, 0.3) is 0 Å². The molecule has 1 aliphatic heterocycles. The van der Waals surface area contributed by atoms with E-state index in [-0.39, 0.29) is 6.10 Å². The lowest BCUT2D eigenvalue weighted by Crippen LogP contribution is -2.49. The SMILES string of the molecule is CNC(C1CCCCCC1)C1COCCO1. The third kappa shape index (κ3) is 3.19. The van der Waals surface area contributed by atoms with Crippen LogP contribution in [0.15, 0.2) is 0 Å². The third-order valence-corrected chi connectivity index (χ3v) is 3.98. The van der Waals surface area contributed by atoms with E-state index in [4.69, 9.17) is 9.47 Å². The van der Waals surface area contributed by atoms with Crippen LogP contribution in [0, 0.1) is 5.92 Å². The fourth-order valence-electron chi connectivity index (χ4n) is 3.11. The first kappa shape index (κ1) is 12.3. The highest BCUT2D eigenvalue weighted by atomic mass is 16.6. The van der Waals surface area contributed by atoms with Gasteiger partial charge in [0.2, 0.25) is 0 Å². The lowest BCUT2D eigenvalue weighted by atomic mass is 9.88. The van der Waals surface area contributed by atoms with Gasteiger partial charge in [0.15, 0.2) is 0 Å². The Kier molecular flexibility index (Phi) is 5.07. The first-order valence-electron chi connectivity index (χ1n) is 6.78. The van der Waals surface area contributed by atoms with Gasteiger partial charge in [-0.05, 0) is 25.8 Å². The highest BCUT2D eigenvalue weighted by Gasteiger charge is 2.30. The van der Waals surface area contributed by atoms with Crippen LogP contribution in [-0.4, -0.2) is 39.0 Å². The number of ether oxygens (including phenoxy) is 2. The van der Waals surface area contributed by atoms with Crippen molar-refractivity contribution in [1.29, 1.82) is 0 Å². The molecule has 2 rings (SSSR count). The second kappa shape index (κ2) is 6.58. The molecule has 1 heterocycles. The van der Waals surface area contributed by atoms with Crippen LogP contribution >= 0.6 is 0 Å². The Labute approximate surface area is 98.9 Å². The maximum Gasteiger partial charge on any atom is 0.0964 e. The number of nitrogens with one attached hydrogen (secondary N) is 1. The van der Waals surface area contributed by atoms with Crippen molar-refractivity contribution in [2.24, 2.45) is 5.92 Å². The Balaban J connectivity index is 1.90. The minimum absolute atomic E-state index is 0.266. The Morgan fingerprint density at radius 2 is 1.81 bits per heavy atom.